The second-order valence-electron chi connectivity index (χ2n) is 7.03. The standard InChI is InChI=1S/C19H25N3O4S/c1-19(2,3)26-18(25)22-14(11-13-7-5-4-6-8-13)16(23)17(24)21-12-15-20-9-10-27-15/h4-10,14,16,23H,11-12H2,1-3H3,(H,21,24)(H,22,25)/t14-,16+/m1/s1. The number of nitrogens with one attached hydrogen (secondary N) is 2. The Hall–Kier alpha value is -2.45. The molecular formula is C19H25N3O4S. The average molecular weight is 391 g/mol. The van der Waals surface area contributed by atoms with Gasteiger partial charge in [-0.05, 0) is 32.8 Å². The van der Waals surface area contributed by atoms with E-state index in [-0.39, 0.29) is 13.0 Å². The van der Waals surface area contributed by atoms with Crippen molar-refractivity contribution in [1.29, 1.82) is 0 Å². The first-order valence-corrected chi connectivity index (χ1v) is 9.50. The molecule has 0 unspecified atom stereocenters. The zero-order chi connectivity index (χ0) is 19.9. The van der Waals surface area contributed by atoms with Crippen molar-refractivity contribution in [3.05, 3.63) is 52.5 Å². The Morgan fingerprint density at radius 1 is 1.26 bits per heavy atom. The number of thiazole rings is 1. The molecule has 2 atom stereocenters. The van der Waals surface area contributed by atoms with Gasteiger partial charge in [0.2, 0.25) is 0 Å². The lowest BCUT2D eigenvalue weighted by Crippen LogP contribution is -2.52. The molecule has 2 aromatic rings. The monoisotopic (exact) mass is 391 g/mol. The molecule has 2 rings (SSSR count). The summed E-state index contributed by atoms with van der Waals surface area (Å²) in [6.45, 7) is 5.46. The molecular weight excluding hydrogens is 366 g/mol. The van der Waals surface area contributed by atoms with E-state index in [1.807, 2.05) is 30.3 Å². The summed E-state index contributed by atoms with van der Waals surface area (Å²) in [6, 6.07) is 8.48. The Labute approximate surface area is 162 Å². The second kappa shape index (κ2) is 9.48. The van der Waals surface area contributed by atoms with Crippen molar-refractivity contribution >= 4 is 23.3 Å². The molecule has 7 nitrogen and oxygen atoms in total. The van der Waals surface area contributed by atoms with Gasteiger partial charge in [0.25, 0.3) is 5.91 Å². The maximum absolute atomic E-state index is 12.4. The number of aliphatic hydroxyl groups excluding tert-OH is 1. The van der Waals surface area contributed by atoms with E-state index >= 15 is 0 Å². The van der Waals surface area contributed by atoms with Gasteiger partial charge in [-0.15, -0.1) is 11.3 Å². The molecule has 1 aromatic carbocycles. The molecule has 0 saturated heterocycles. The van der Waals surface area contributed by atoms with Gasteiger partial charge in [-0.2, -0.15) is 0 Å². The second-order valence-corrected chi connectivity index (χ2v) is 8.01. The number of carbonyl (C=O) groups excluding carboxylic acids is 2. The zero-order valence-corrected chi connectivity index (χ0v) is 16.5. The Morgan fingerprint density at radius 3 is 2.56 bits per heavy atom. The van der Waals surface area contributed by atoms with Gasteiger partial charge in [0.15, 0.2) is 6.10 Å². The molecule has 2 amide bonds. The Balaban J connectivity index is 2.04. The number of rotatable bonds is 7. The third kappa shape index (κ3) is 7.36. The number of ether oxygens (including phenoxy) is 1. The van der Waals surface area contributed by atoms with Gasteiger partial charge >= 0.3 is 6.09 Å². The van der Waals surface area contributed by atoms with E-state index in [0.717, 1.165) is 10.6 Å². The minimum atomic E-state index is -1.43. The SMILES string of the molecule is CC(C)(C)OC(=O)N[C@H](Cc1ccccc1)[C@H](O)C(=O)NCc1nccs1. The molecule has 146 valence electrons. The van der Waals surface area contributed by atoms with Gasteiger partial charge in [-0.3, -0.25) is 4.79 Å². The fraction of sp³-hybridized carbons (Fsp3) is 0.421. The van der Waals surface area contributed by atoms with Crippen molar-refractivity contribution in [2.75, 3.05) is 0 Å². The van der Waals surface area contributed by atoms with Crippen LogP contribution in [0.2, 0.25) is 0 Å². The molecule has 3 N–H and O–H groups in total. The summed E-state index contributed by atoms with van der Waals surface area (Å²) in [4.78, 5) is 28.6. The van der Waals surface area contributed by atoms with Crippen molar-refractivity contribution < 1.29 is 19.4 Å². The Morgan fingerprint density at radius 2 is 1.96 bits per heavy atom. The van der Waals surface area contributed by atoms with E-state index in [1.165, 1.54) is 11.3 Å². The summed E-state index contributed by atoms with van der Waals surface area (Å²) in [5, 5.41) is 18.3. The van der Waals surface area contributed by atoms with Gasteiger partial charge in [-0.25, -0.2) is 9.78 Å². The number of aliphatic hydroxyl groups is 1. The molecule has 0 spiro atoms. The predicted octanol–water partition coefficient (Wildman–Crippen LogP) is 2.26. The van der Waals surface area contributed by atoms with Crippen LogP contribution in [0.3, 0.4) is 0 Å². The molecule has 0 aliphatic rings. The summed E-state index contributed by atoms with van der Waals surface area (Å²) in [7, 11) is 0. The number of hydrogen-bond donors (Lipinski definition) is 3. The Kier molecular flexibility index (Phi) is 7.32. The van der Waals surface area contributed by atoms with Crippen LogP contribution in [0.4, 0.5) is 4.79 Å². The molecule has 0 aliphatic heterocycles. The van der Waals surface area contributed by atoms with Crippen LogP contribution in [0.25, 0.3) is 0 Å². The number of aromatic nitrogens is 1. The van der Waals surface area contributed by atoms with Crippen molar-refractivity contribution in [2.24, 2.45) is 0 Å². The maximum Gasteiger partial charge on any atom is 0.407 e. The highest BCUT2D eigenvalue weighted by molar-refractivity contribution is 7.09. The fourth-order valence-corrected chi connectivity index (χ4v) is 2.91. The van der Waals surface area contributed by atoms with Crippen LogP contribution in [-0.2, 0) is 22.5 Å². The smallest absolute Gasteiger partial charge is 0.407 e. The number of benzene rings is 1. The first-order valence-electron chi connectivity index (χ1n) is 8.62. The Bertz CT molecular complexity index is 729. The number of carbonyl (C=O) groups is 2. The predicted molar refractivity (Wildman–Crippen MR) is 103 cm³/mol. The quantitative estimate of drug-likeness (QED) is 0.672. The summed E-state index contributed by atoms with van der Waals surface area (Å²) in [6.07, 6.45) is -0.190. The van der Waals surface area contributed by atoms with E-state index in [9.17, 15) is 14.7 Å². The minimum Gasteiger partial charge on any atom is -0.444 e. The lowest BCUT2D eigenvalue weighted by atomic mass is 10.0. The summed E-state index contributed by atoms with van der Waals surface area (Å²) < 4.78 is 5.25. The molecule has 8 heteroatoms. The summed E-state index contributed by atoms with van der Waals surface area (Å²) in [5.74, 6) is -0.581. The van der Waals surface area contributed by atoms with Crippen LogP contribution in [0.15, 0.2) is 41.9 Å². The van der Waals surface area contributed by atoms with Crippen LogP contribution < -0.4 is 10.6 Å². The van der Waals surface area contributed by atoms with Gasteiger partial charge in [0.05, 0.1) is 12.6 Å². The average Bonchev–Trinajstić information content (AvgIpc) is 3.11. The number of hydrogen-bond acceptors (Lipinski definition) is 6. The lowest BCUT2D eigenvalue weighted by molar-refractivity contribution is -0.130. The summed E-state index contributed by atoms with van der Waals surface area (Å²) >= 11 is 1.41. The van der Waals surface area contributed by atoms with Crippen LogP contribution in [0.1, 0.15) is 31.3 Å². The van der Waals surface area contributed by atoms with E-state index in [2.05, 4.69) is 15.6 Å². The topological polar surface area (TPSA) is 101 Å². The van der Waals surface area contributed by atoms with Crippen molar-refractivity contribution in [1.82, 2.24) is 15.6 Å². The van der Waals surface area contributed by atoms with Crippen molar-refractivity contribution in [2.45, 2.75) is 51.5 Å². The van der Waals surface area contributed by atoms with Crippen molar-refractivity contribution in [3.8, 4) is 0 Å². The highest BCUT2D eigenvalue weighted by atomic mass is 32.1. The normalized spacial score (nSPS) is 13.5. The summed E-state index contributed by atoms with van der Waals surface area (Å²) in [5.41, 5.74) is 0.199. The van der Waals surface area contributed by atoms with Crippen LogP contribution >= 0.6 is 11.3 Å². The molecule has 0 radical (unpaired) electrons. The lowest BCUT2D eigenvalue weighted by Gasteiger charge is -2.26. The third-order valence-electron chi connectivity index (χ3n) is 3.55. The van der Waals surface area contributed by atoms with Gasteiger partial charge < -0.3 is 20.5 Å². The van der Waals surface area contributed by atoms with E-state index < -0.39 is 29.7 Å². The zero-order valence-electron chi connectivity index (χ0n) is 15.6. The number of amides is 2. The van der Waals surface area contributed by atoms with Gasteiger partial charge in [-0.1, -0.05) is 30.3 Å². The largest absolute Gasteiger partial charge is 0.444 e. The highest BCUT2D eigenvalue weighted by Gasteiger charge is 2.29. The minimum absolute atomic E-state index is 0.220. The molecule has 1 aromatic heterocycles. The fourth-order valence-electron chi connectivity index (χ4n) is 2.36. The van der Waals surface area contributed by atoms with E-state index in [0.29, 0.717) is 0 Å². The molecule has 0 bridgehead atoms. The number of nitrogens with zero attached hydrogens (tertiary/aromatic N) is 1. The van der Waals surface area contributed by atoms with E-state index in [1.54, 1.807) is 32.3 Å². The van der Waals surface area contributed by atoms with Crippen LogP contribution in [0, 0.1) is 0 Å². The first-order chi connectivity index (χ1) is 12.7. The molecule has 1 heterocycles. The third-order valence-corrected chi connectivity index (χ3v) is 4.33. The van der Waals surface area contributed by atoms with E-state index in [4.69, 9.17) is 4.74 Å². The first kappa shape index (κ1) is 20.9. The van der Waals surface area contributed by atoms with Gasteiger partial charge in [0, 0.05) is 11.6 Å². The van der Waals surface area contributed by atoms with Crippen molar-refractivity contribution in [3.63, 3.8) is 0 Å². The molecule has 0 aliphatic carbocycles. The molecule has 27 heavy (non-hydrogen) atoms. The maximum atomic E-state index is 12.4. The molecule has 0 saturated carbocycles. The van der Waals surface area contributed by atoms with Gasteiger partial charge in [0.1, 0.15) is 10.6 Å². The number of alkyl carbamates (subject to hydrolysis) is 1. The molecule has 0 fully saturated rings. The highest BCUT2D eigenvalue weighted by Crippen LogP contribution is 2.11. The van der Waals surface area contributed by atoms with Crippen LogP contribution in [-0.4, -0.2) is 39.8 Å². The van der Waals surface area contributed by atoms with Crippen LogP contribution in [0.5, 0.6) is 0 Å².